The molecular formula is C21H23F3N3O4S-. The Balaban J connectivity index is 1.72. The Kier molecular flexibility index (Phi) is 7.09. The Bertz CT molecular complexity index is 1030. The monoisotopic (exact) mass is 470 g/mol. The van der Waals surface area contributed by atoms with Gasteiger partial charge in [-0.2, -0.15) is 13.2 Å². The van der Waals surface area contributed by atoms with Crippen LogP contribution in [0.2, 0.25) is 0 Å². The second-order valence-corrected chi connectivity index (χ2v) is 9.87. The molecule has 174 valence electrons. The van der Waals surface area contributed by atoms with Crippen LogP contribution in [-0.2, 0) is 16.4 Å². The molecule has 1 aromatic carbocycles. The minimum atomic E-state index is -4.39. The molecule has 7 nitrogen and oxygen atoms in total. The molecule has 0 unspecified atom stereocenters. The van der Waals surface area contributed by atoms with Gasteiger partial charge in [-0.1, -0.05) is 18.2 Å². The van der Waals surface area contributed by atoms with Crippen LogP contribution in [0.25, 0.3) is 11.3 Å². The third kappa shape index (κ3) is 6.42. The van der Waals surface area contributed by atoms with Crippen molar-refractivity contribution >= 4 is 15.9 Å². The maximum absolute atomic E-state index is 13.2. The van der Waals surface area contributed by atoms with Crippen molar-refractivity contribution in [2.75, 3.05) is 25.9 Å². The fourth-order valence-electron chi connectivity index (χ4n) is 3.75. The number of piperidine rings is 1. The molecule has 1 saturated heterocycles. The van der Waals surface area contributed by atoms with E-state index in [1.807, 2.05) is 0 Å². The number of aromatic nitrogens is 1. The van der Waals surface area contributed by atoms with Crippen molar-refractivity contribution in [2.45, 2.75) is 36.5 Å². The molecule has 0 atom stereocenters. The number of rotatable bonds is 6. The van der Waals surface area contributed by atoms with Crippen molar-refractivity contribution in [1.29, 1.82) is 0 Å². The van der Waals surface area contributed by atoms with Crippen molar-refractivity contribution in [2.24, 2.45) is 0 Å². The number of halogens is 3. The van der Waals surface area contributed by atoms with Crippen LogP contribution in [0, 0.1) is 0 Å². The fraction of sp³-hybridized carbons (Fsp3) is 0.429. The zero-order valence-electron chi connectivity index (χ0n) is 17.4. The number of alkyl halides is 3. The molecule has 32 heavy (non-hydrogen) atoms. The minimum absolute atomic E-state index is 0.0236. The van der Waals surface area contributed by atoms with E-state index in [1.54, 1.807) is 24.3 Å². The number of hydrogen-bond acceptors (Lipinski definition) is 6. The predicted molar refractivity (Wildman–Crippen MR) is 109 cm³/mol. The summed E-state index contributed by atoms with van der Waals surface area (Å²) in [5, 5.41) is 11.0. The number of carbonyl (C=O) groups is 1. The topological polar surface area (TPSA) is 93.6 Å². The van der Waals surface area contributed by atoms with Gasteiger partial charge in [-0.05, 0) is 36.6 Å². The van der Waals surface area contributed by atoms with E-state index >= 15 is 0 Å². The maximum atomic E-state index is 13.2. The van der Waals surface area contributed by atoms with Gasteiger partial charge < -0.3 is 14.8 Å². The number of pyridine rings is 1. The van der Waals surface area contributed by atoms with Gasteiger partial charge in [0.15, 0.2) is 9.84 Å². The summed E-state index contributed by atoms with van der Waals surface area (Å²) in [7, 11) is -3.31. The predicted octanol–water partition coefficient (Wildman–Crippen LogP) is 2.32. The van der Waals surface area contributed by atoms with Crippen LogP contribution >= 0.6 is 0 Å². The van der Waals surface area contributed by atoms with Gasteiger partial charge in [0, 0.05) is 43.7 Å². The molecule has 1 aromatic heterocycles. The van der Waals surface area contributed by atoms with Gasteiger partial charge in [0.2, 0.25) is 0 Å². The largest absolute Gasteiger partial charge is 0.530 e. The van der Waals surface area contributed by atoms with E-state index in [4.69, 9.17) is 0 Å². The van der Waals surface area contributed by atoms with E-state index in [0.29, 0.717) is 29.7 Å². The summed E-state index contributed by atoms with van der Waals surface area (Å²) in [4.78, 5) is 17.9. The van der Waals surface area contributed by atoms with E-state index in [2.05, 4.69) is 4.98 Å². The smallest absolute Gasteiger partial charge is 0.401 e. The highest BCUT2D eigenvalue weighted by Gasteiger charge is 2.35. The molecule has 1 aliphatic heterocycles. The molecule has 11 heteroatoms. The first-order valence-corrected chi connectivity index (χ1v) is 11.8. The molecule has 0 bridgehead atoms. The number of amides is 1. The molecular weight excluding hydrogens is 447 g/mol. The quantitative estimate of drug-likeness (QED) is 0.643. The van der Waals surface area contributed by atoms with Crippen LogP contribution in [0.4, 0.5) is 18.0 Å². The standard InChI is InChI=1S/C21H24F3N3O4S/c1-32(30,31)18-5-3-16(4-6-18)19-7-2-15(12-25-19)13-27(14-21(22,23)24)17-8-10-26(11-9-17)20(28)29/h2-7,12,17H,8-11,13-14H2,1H3,(H,28,29)/p-1. The number of sulfone groups is 1. The molecule has 2 aromatic rings. The lowest BCUT2D eigenvalue weighted by atomic mass is 10.0. The van der Waals surface area contributed by atoms with Crippen LogP contribution in [0.3, 0.4) is 0 Å². The number of carboxylic acid groups (broad SMARTS) is 1. The lowest BCUT2D eigenvalue weighted by Gasteiger charge is -2.39. The zero-order valence-corrected chi connectivity index (χ0v) is 18.2. The van der Waals surface area contributed by atoms with Gasteiger partial charge in [-0.15, -0.1) is 0 Å². The Hall–Kier alpha value is -2.66. The molecule has 0 aliphatic carbocycles. The first kappa shape index (κ1) is 24.0. The molecule has 2 heterocycles. The summed E-state index contributed by atoms with van der Waals surface area (Å²) < 4.78 is 62.6. The van der Waals surface area contributed by atoms with E-state index in [-0.39, 0.29) is 24.5 Å². The third-order valence-corrected chi connectivity index (χ3v) is 6.54. The second-order valence-electron chi connectivity index (χ2n) is 7.85. The molecule has 0 spiro atoms. The molecule has 0 N–H and O–H groups in total. The highest BCUT2D eigenvalue weighted by molar-refractivity contribution is 7.90. The third-order valence-electron chi connectivity index (χ3n) is 5.41. The number of nitrogens with zero attached hydrogens (tertiary/aromatic N) is 3. The van der Waals surface area contributed by atoms with E-state index in [9.17, 15) is 31.5 Å². The molecule has 1 fully saturated rings. The Morgan fingerprint density at radius 2 is 1.78 bits per heavy atom. The number of benzene rings is 1. The highest BCUT2D eigenvalue weighted by Crippen LogP contribution is 2.25. The first-order valence-electron chi connectivity index (χ1n) is 9.94. The number of hydrogen-bond donors (Lipinski definition) is 0. The molecule has 1 amide bonds. The molecule has 1 aliphatic rings. The van der Waals surface area contributed by atoms with Gasteiger partial charge in [-0.25, -0.2) is 8.42 Å². The Morgan fingerprint density at radius 3 is 2.25 bits per heavy atom. The average Bonchev–Trinajstić information content (AvgIpc) is 2.72. The highest BCUT2D eigenvalue weighted by atomic mass is 32.2. The molecule has 0 saturated carbocycles. The molecule has 3 rings (SSSR count). The average molecular weight is 470 g/mol. The summed E-state index contributed by atoms with van der Waals surface area (Å²) in [5.74, 6) is 0. The Morgan fingerprint density at radius 1 is 1.16 bits per heavy atom. The summed E-state index contributed by atoms with van der Waals surface area (Å²) in [6, 6.07) is 9.16. The fourth-order valence-corrected chi connectivity index (χ4v) is 4.38. The van der Waals surface area contributed by atoms with E-state index < -0.39 is 34.7 Å². The lowest BCUT2D eigenvalue weighted by Crippen LogP contribution is -2.51. The molecule has 0 radical (unpaired) electrons. The van der Waals surface area contributed by atoms with Crippen LogP contribution in [0.15, 0.2) is 47.5 Å². The van der Waals surface area contributed by atoms with Crippen LogP contribution < -0.4 is 5.11 Å². The van der Waals surface area contributed by atoms with Crippen LogP contribution in [0.5, 0.6) is 0 Å². The summed E-state index contributed by atoms with van der Waals surface area (Å²) in [6.45, 7) is -0.794. The van der Waals surface area contributed by atoms with Crippen molar-refractivity contribution in [3.05, 3.63) is 48.2 Å². The summed E-state index contributed by atoms with van der Waals surface area (Å²) in [6.07, 6.45) is -2.50. The first-order chi connectivity index (χ1) is 14.9. The SMILES string of the molecule is CS(=O)(=O)c1ccc(-c2ccc(CN(CC(F)(F)F)C3CCN(C(=O)[O-])CC3)cn2)cc1. The van der Waals surface area contributed by atoms with E-state index in [1.165, 1.54) is 23.2 Å². The Labute approximate surface area is 184 Å². The van der Waals surface area contributed by atoms with E-state index in [0.717, 1.165) is 11.2 Å². The number of carbonyl (C=O) groups excluding carboxylic acids is 1. The second kappa shape index (κ2) is 9.45. The number of likely N-dealkylation sites (tertiary alicyclic amines) is 1. The minimum Gasteiger partial charge on any atom is -0.530 e. The van der Waals surface area contributed by atoms with Crippen molar-refractivity contribution in [3.8, 4) is 11.3 Å². The van der Waals surface area contributed by atoms with Crippen LogP contribution in [0.1, 0.15) is 18.4 Å². The van der Waals surface area contributed by atoms with Gasteiger partial charge in [0.25, 0.3) is 0 Å². The normalized spacial score (nSPS) is 15.8. The summed E-state index contributed by atoms with van der Waals surface area (Å²) in [5.41, 5.74) is 1.84. The summed E-state index contributed by atoms with van der Waals surface area (Å²) >= 11 is 0. The van der Waals surface area contributed by atoms with Crippen molar-refractivity contribution < 1.29 is 31.5 Å². The lowest BCUT2D eigenvalue weighted by molar-refractivity contribution is -0.267. The van der Waals surface area contributed by atoms with Crippen LogP contribution in [-0.4, -0.2) is 67.4 Å². The van der Waals surface area contributed by atoms with Gasteiger partial charge in [0.1, 0.15) is 6.09 Å². The van der Waals surface area contributed by atoms with Gasteiger partial charge >= 0.3 is 6.18 Å². The maximum Gasteiger partial charge on any atom is 0.401 e. The van der Waals surface area contributed by atoms with Gasteiger partial charge in [0.05, 0.1) is 17.1 Å². The van der Waals surface area contributed by atoms with Crippen molar-refractivity contribution in [1.82, 2.24) is 14.8 Å². The van der Waals surface area contributed by atoms with Gasteiger partial charge in [-0.3, -0.25) is 9.88 Å². The van der Waals surface area contributed by atoms with Crippen molar-refractivity contribution in [3.63, 3.8) is 0 Å². The zero-order chi connectivity index (χ0) is 23.5.